The molecule has 2 amide bonds. The minimum atomic E-state index is -0.710. The molecule has 3 N–H and O–H groups in total. The van der Waals surface area contributed by atoms with Crippen molar-refractivity contribution >= 4 is 18.0 Å². The molecule has 0 radical (unpaired) electrons. The average Bonchev–Trinajstić information content (AvgIpc) is 2.75. The van der Waals surface area contributed by atoms with Crippen molar-refractivity contribution in [3.8, 4) is 5.69 Å². The number of anilines is 1. The van der Waals surface area contributed by atoms with E-state index in [9.17, 15) is 9.59 Å². The first-order valence-electron chi connectivity index (χ1n) is 5.14. The van der Waals surface area contributed by atoms with Crippen molar-refractivity contribution in [2.45, 2.75) is 6.92 Å². The SMILES string of the molecule is Cc1ccc(-n2cc(NC=O)c(C(N)=O)n2)cn1. The third-order valence-corrected chi connectivity index (χ3v) is 2.32. The van der Waals surface area contributed by atoms with Crippen molar-refractivity contribution in [2.24, 2.45) is 5.73 Å². The predicted octanol–water partition coefficient (Wildman–Crippen LogP) is 0.243. The first-order valence-corrected chi connectivity index (χ1v) is 5.14. The van der Waals surface area contributed by atoms with E-state index < -0.39 is 5.91 Å². The molecule has 0 saturated carbocycles. The number of hydrogen-bond acceptors (Lipinski definition) is 4. The third kappa shape index (κ3) is 2.19. The van der Waals surface area contributed by atoms with Crippen LogP contribution in [0.3, 0.4) is 0 Å². The van der Waals surface area contributed by atoms with Crippen molar-refractivity contribution < 1.29 is 9.59 Å². The zero-order valence-corrected chi connectivity index (χ0v) is 9.62. The number of primary amides is 1. The van der Waals surface area contributed by atoms with Gasteiger partial charge in [0, 0.05) is 5.69 Å². The Balaban J connectivity index is 2.45. The van der Waals surface area contributed by atoms with Crippen molar-refractivity contribution in [3.63, 3.8) is 0 Å². The van der Waals surface area contributed by atoms with Crippen LogP contribution in [-0.2, 0) is 4.79 Å². The van der Waals surface area contributed by atoms with Crippen molar-refractivity contribution in [3.05, 3.63) is 35.9 Å². The molecular weight excluding hydrogens is 234 g/mol. The Morgan fingerprint density at radius 1 is 1.50 bits per heavy atom. The Labute approximate surface area is 103 Å². The fourth-order valence-electron chi connectivity index (χ4n) is 1.45. The van der Waals surface area contributed by atoms with Gasteiger partial charge >= 0.3 is 0 Å². The van der Waals surface area contributed by atoms with Gasteiger partial charge in [-0.1, -0.05) is 0 Å². The van der Waals surface area contributed by atoms with E-state index >= 15 is 0 Å². The number of nitrogens with one attached hydrogen (secondary N) is 1. The lowest BCUT2D eigenvalue weighted by Gasteiger charge is -1.99. The Morgan fingerprint density at radius 3 is 2.83 bits per heavy atom. The van der Waals surface area contributed by atoms with Gasteiger partial charge in [0.2, 0.25) is 6.41 Å². The number of pyridine rings is 1. The second-order valence-electron chi connectivity index (χ2n) is 3.62. The van der Waals surface area contributed by atoms with Gasteiger partial charge in [0.15, 0.2) is 5.69 Å². The van der Waals surface area contributed by atoms with E-state index in [1.807, 2.05) is 13.0 Å². The van der Waals surface area contributed by atoms with E-state index in [2.05, 4.69) is 15.4 Å². The molecule has 0 spiro atoms. The molecule has 92 valence electrons. The highest BCUT2D eigenvalue weighted by Gasteiger charge is 2.14. The lowest BCUT2D eigenvalue weighted by Crippen LogP contribution is -2.14. The topological polar surface area (TPSA) is 103 Å². The number of nitrogens with zero attached hydrogens (tertiary/aromatic N) is 3. The molecular formula is C11H11N5O2. The first kappa shape index (κ1) is 11.8. The van der Waals surface area contributed by atoms with E-state index in [1.54, 1.807) is 12.3 Å². The van der Waals surface area contributed by atoms with Gasteiger partial charge in [-0.15, -0.1) is 0 Å². The van der Waals surface area contributed by atoms with Gasteiger partial charge in [0.05, 0.1) is 23.8 Å². The second-order valence-corrected chi connectivity index (χ2v) is 3.62. The molecule has 2 rings (SSSR count). The van der Waals surface area contributed by atoms with Crippen LogP contribution in [-0.4, -0.2) is 27.1 Å². The number of aryl methyl sites for hydroxylation is 1. The van der Waals surface area contributed by atoms with Crippen LogP contribution in [0, 0.1) is 6.92 Å². The lowest BCUT2D eigenvalue weighted by molar-refractivity contribution is -0.105. The van der Waals surface area contributed by atoms with E-state index in [0.29, 0.717) is 12.1 Å². The molecule has 0 aliphatic rings. The standard InChI is InChI=1S/C11H11N5O2/c1-7-2-3-8(4-13-7)16-5-9(14-6-17)10(15-16)11(12)18/h2-6H,1H3,(H2,12,18)(H,14,17). The van der Waals surface area contributed by atoms with Gasteiger partial charge in [-0.2, -0.15) is 5.10 Å². The molecule has 2 aromatic heterocycles. The molecule has 18 heavy (non-hydrogen) atoms. The van der Waals surface area contributed by atoms with Gasteiger partial charge in [0.1, 0.15) is 0 Å². The fourth-order valence-corrected chi connectivity index (χ4v) is 1.45. The third-order valence-electron chi connectivity index (χ3n) is 2.32. The maximum atomic E-state index is 11.2. The summed E-state index contributed by atoms with van der Waals surface area (Å²) in [7, 11) is 0. The number of rotatable bonds is 4. The highest BCUT2D eigenvalue weighted by molar-refractivity contribution is 5.98. The minimum absolute atomic E-state index is 0.00248. The van der Waals surface area contributed by atoms with Crippen LogP contribution in [0.5, 0.6) is 0 Å². The van der Waals surface area contributed by atoms with E-state index in [-0.39, 0.29) is 11.4 Å². The molecule has 7 heteroatoms. The summed E-state index contributed by atoms with van der Waals surface area (Å²) in [5.74, 6) is -0.710. The van der Waals surface area contributed by atoms with Gasteiger partial charge < -0.3 is 11.1 Å². The molecule has 0 aromatic carbocycles. The summed E-state index contributed by atoms with van der Waals surface area (Å²) in [5, 5.41) is 6.38. The van der Waals surface area contributed by atoms with Crippen LogP contribution in [0.15, 0.2) is 24.5 Å². The highest BCUT2D eigenvalue weighted by atomic mass is 16.1. The molecule has 7 nitrogen and oxygen atoms in total. The summed E-state index contributed by atoms with van der Waals surface area (Å²) < 4.78 is 1.43. The molecule has 0 aliphatic carbocycles. The van der Waals surface area contributed by atoms with E-state index in [1.165, 1.54) is 10.9 Å². The van der Waals surface area contributed by atoms with Gasteiger partial charge in [0.25, 0.3) is 5.91 Å². The van der Waals surface area contributed by atoms with Gasteiger partial charge in [-0.05, 0) is 19.1 Å². The molecule has 2 heterocycles. The molecule has 0 unspecified atom stereocenters. The summed E-state index contributed by atoms with van der Waals surface area (Å²) in [6.07, 6.45) is 3.57. The van der Waals surface area contributed by atoms with Gasteiger partial charge in [-0.25, -0.2) is 4.68 Å². The molecule has 0 atom stereocenters. The lowest BCUT2D eigenvalue weighted by atomic mass is 10.3. The normalized spacial score (nSPS) is 10.1. The molecule has 0 aliphatic heterocycles. The largest absolute Gasteiger partial charge is 0.364 e. The number of aromatic nitrogens is 3. The Kier molecular flexibility index (Phi) is 3.05. The van der Waals surface area contributed by atoms with Crippen LogP contribution in [0.2, 0.25) is 0 Å². The van der Waals surface area contributed by atoms with E-state index in [0.717, 1.165) is 5.69 Å². The number of carbonyl (C=O) groups excluding carboxylic acids is 2. The molecule has 2 aromatic rings. The first-order chi connectivity index (χ1) is 8.61. The molecule has 0 bridgehead atoms. The van der Waals surface area contributed by atoms with Crippen molar-refractivity contribution in [1.82, 2.24) is 14.8 Å². The Hall–Kier alpha value is -2.70. The highest BCUT2D eigenvalue weighted by Crippen LogP contribution is 2.16. The number of amides is 2. The summed E-state index contributed by atoms with van der Waals surface area (Å²) in [4.78, 5) is 25.7. The quantitative estimate of drug-likeness (QED) is 0.753. The minimum Gasteiger partial charge on any atom is -0.364 e. The van der Waals surface area contributed by atoms with Crippen LogP contribution < -0.4 is 11.1 Å². The monoisotopic (exact) mass is 245 g/mol. The average molecular weight is 245 g/mol. The summed E-state index contributed by atoms with van der Waals surface area (Å²) in [6, 6.07) is 3.61. The van der Waals surface area contributed by atoms with Crippen LogP contribution in [0.1, 0.15) is 16.2 Å². The number of hydrogen-bond donors (Lipinski definition) is 2. The number of nitrogens with two attached hydrogens (primary N) is 1. The Bertz CT molecular complexity index is 588. The summed E-state index contributed by atoms with van der Waals surface area (Å²) >= 11 is 0. The van der Waals surface area contributed by atoms with E-state index in [4.69, 9.17) is 5.73 Å². The summed E-state index contributed by atoms with van der Waals surface area (Å²) in [6.45, 7) is 1.86. The second kappa shape index (κ2) is 4.66. The fraction of sp³-hybridized carbons (Fsp3) is 0.0909. The maximum Gasteiger partial charge on any atom is 0.271 e. The molecule has 0 fully saturated rings. The summed E-state index contributed by atoms with van der Waals surface area (Å²) in [5.41, 5.74) is 6.98. The Morgan fingerprint density at radius 2 is 2.28 bits per heavy atom. The van der Waals surface area contributed by atoms with Crippen molar-refractivity contribution in [1.29, 1.82) is 0 Å². The maximum absolute atomic E-state index is 11.2. The smallest absolute Gasteiger partial charge is 0.271 e. The van der Waals surface area contributed by atoms with Crippen LogP contribution >= 0.6 is 0 Å². The van der Waals surface area contributed by atoms with Gasteiger partial charge in [-0.3, -0.25) is 14.6 Å². The predicted molar refractivity (Wildman–Crippen MR) is 64.3 cm³/mol. The zero-order valence-electron chi connectivity index (χ0n) is 9.62. The molecule has 0 saturated heterocycles. The number of carbonyl (C=O) groups is 2. The van der Waals surface area contributed by atoms with Crippen LogP contribution in [0.25, 0.3) is 5.69 Å². The van der Waals surface area contributed by atoms with Crippen LogP contribution in [0.4, 0.5) is 5.69 Å². The zero-order chi connectivity index (χ0) is 13.1. The van der Waals surface area contributed by atoms with Crippen molar-refractivity contribution in [2.75, 3.05) is 5.32 Å².